The first-order chi connectivity index (χ1) is 15.2. The lowest BCUT2D eigenvalue weighted by atomic mass is 9.72. The zero-order valence-corrected chi connectivity index (χ0v) is 19.9. The predicted octanol–water partition coefficient (Wildman–Crippen LogP) is 4.89. The summed E-state index contributed by atoms with van der Waals surface area (Å²) in [5.74, 6) is 0.229. The van der Waals surface area contributed by atoms with Gasteiger partial charge in [-0.25, -0.2) is 0 Å². The van der Waals surface area contributed by atoms with Crippen molar-refractivity contribution in [3.8, 4) is 5.75 Å². The molecule has 4 N–H and O–H groups in total. The molecule has 3 atom stereocenters. The van der Waals surface area contributed by atoms with Crippen LogP contribution in [0.15, 0.2) is 35.4 Å². The number of benzene rings is 1. The molecule has 0 radical (unpaired) electrons. The molecule has 0 saturated heterocycles. The number of aryl methyl sites for hydroxylation is 1. The summed E-state index contributed by atoms with van der Waals surface area (Å²) in [5.41, 5.74) is 5.51. The molecule has 4 heteroatoms. The molecule has 0 aliphatic heterocycles. The fourth-order valence-corrected chi connectivity index (χ4v) is 5.36. The van der Waals surface area contributed by atoms with E-state index in [4.69, 9.17) is 0 Å². The molecule has 3 unspecified atom stereocenters. The van der Waals surface area contributed by atoms with Crippen LogP contribution in [0.1, 0.15) is 88.3 Å². The highest BCUT2D eigenvalue weighted by Gasteiger charge is 2.47. The fourth-order valence-electron chi connectivity index (χ4n) is 5.36. The lowest BCUT2D eigenvalue weighted by molar-refractivity contribution is 0.136. The Morgan fingerprint density at radius 2 is 1.59 bits per heavy atom. The number of aromatic hydroxyl groups is 1. The van der Waals surface area contributed by atoms with E-state index in [0.717, 1.165) is 60.8 Å². The van der Waals surface area contributed by atoms with Gasteiger partial charge in [0, 0.05) is 24.7 Å². The molecule has 3 aliphatic rings. The van der Waals surface area contributed by atoms with Gasteiger partial charge in [0.05, 0.1) is 6.10 Å². The van der Waals surface area contributed by atoms with E-state index in [1.165, 1.54) is 5.57 Å². The lowest BCUT2D eigenvalue weighted by Crippen LogP contribution is -2.32. The number of rotatable bonds is 10. The van der Waals surface area contributed by atoms with Crippen molar-refractivity contribution in [2.45, 2.75) is 89.6 Å². The molecule has 176 valence electrons. The van der Waals surface area contributed by atoms with Crippen molar-refractivity contribution in [3.63, 3.8) is 0 Å². The highest BCUT2D eigenvalue weighted by Crippen LogP contribution is 2.57. The summed E-state index contributed by atoms with van der Waals surface area (Å²) in [5, 5.41) is 41.5. The smallest absolute Gasteiger partial charge is 0.122 e. The van der Waals surface area contributed by atoms with Crippen LogP contribution < -0.4 is 0 Å². The highest BCUT2D eigenvalue weighted by atomic mass is 16.3. The van der Waals surface area contributed by atoms with Crippen LogP contribution in [0.2, 0.25) is 0 Å². The normalized spacial score (nSPS) is 26.3. The average molecular weight is 441 g/mol. The van der Waals surface area contributed by atoms with Crippen LogP contribution in [0.4, 0.5) is 0 Å². The van der Waals surface area contributed by atoms with Gasteiger partial charge in [0.15, 0.2) is 0 Å². The summed E-state index contributed by atoms with van der Waals surface area (Å²) in [4.78, 5) is 0. The Hall–Kier alpha value is -1.62. The van der Waals surface area contributed by atoms with Gasteiger partial charge in [0.2, 0.25) is 0 Å². The molecular weight excluding hydrogens is 400 g/mol. The predicted molar refractivity (Wildman–Crippen MR) is 128 cm³/mol. The summed E-state index contributed by atoms with van der Waals surface area (Å²) in [7, 11) is 0. The molecule has 32 heavy (non-hydrogen) atoms. The van der Waals surface area contributed by atoms with Crippen molar-refractivity contribution in [2.75, 3.05) is 13.2 Å². The molecule has 0 aromatic heterocycles. The van der Waals surface area contributed by atoms with Gasteiger partial charge in [0.1, 0.15) is 5.75 Å². The van der Waals surface area contributed by atoms with E-state index in [1.807, 2.05) is 0 Å². The second-order valence-electron chi connectivity index (χ2n) is 11.0. The number of hydrogen-bond acceptors (Lipinski definition) is 4. The minimum absolute atomic E-state index is 0.0354. The van der Waals surface area contributed by atoms with E-state index in [-0.39, 0.29) is 35.9 Å². The zero-order chi connectivity index (χ0) is 23.1. The van der Waals surface area contributed by atoms with Crippen molar-refractivity contribution in [3.05, 3.63) is 52.1 Å². The standard InChI is InChI=1S/C28H40O4/c1-18(21-14-19(6-4-12-29)16-23(25(21)31)27(2)8-9-27)22-15-20(7-5-13-30)17-24(26(22)32)28(3)10-11-28/h14-18,21,25,29-32H,4-13H2,1-3H3. The van der Waals surface area contributed by atoms with Gasteiger partial charge in [-0.2, -0.15) is 0 Å². The van der Waals surface area contributed by atoms with Gasteiger partial charge in [-0.1, -0.05) is 50.6 Å². The van der Waals surface area contributed by atoms with Crippen LogP contribution in [-0.4, -0.2) is 39.7 Å². The topological polar surface area (TPSA) is 80.9 Å². The van der Waals surface area contributed by atoms with E-state index in [2.05, 4.69) is 45.1 Å². The van der Waals surface area contributed by atoms with E-state index in [0.29, 0.717) is 18.6 Å². The number of aliphatic hydroxyl groups is 3. The minimum Gasteiger partial charge on any atom is -0.507 e. The average Bonchev–Trinajstić information content (AvgIpc) is 3.70. The van der Waals surface area contributed by atoms with Crippen LogP contribution in [0, 0.1) is 11.3 Å². The van der Waals surface area contributed by atoms with E-state index in [9.17, 15) is 20.4 Å². The van der Waals surface area contributed by atoms with Crippen molar-refractivity contribution in [1.82, 2.24) is 0 Å². The Kier molecular flexibility index (Phi) is 6.59. The highest BCUT2D eigenvalue weighted by molar-refractivity contribution is 5.52. The second kappa shape index (κ2) is 8.96. The van der Waals surface area contributed by atoms with Crippen molar-refractivity contribution < 1.29 is 20.4 Å². The third-order valence-electron chi connectivity index (χ3n) is 8.29. The maximum atomic E-state index is 11.4. The van der Waals surface area contributed by atoms with Gasteiger partial charge in [-0.15, -0.1) is 0 Å². The van der Waals surface area contributed by atoms with Crippen molar-refractivity contribution in [1.29, 1.82) is 0 Å². The molecule has 0 bridgehead atoms. The summed E-state index contributed by atoms with van der Waals surface area (Å²) < 4.78 is 0. The second-order valence-corrected chi connectivity index (χ2v) is 11.0. The van der Waals surface area contributed by atoms with Crippen LogP contribution in [0.25, 0.3) is 0 Å². The van der Waals surface area contributed by atoms with E-state index in [1.54, 1.807) is 0 Å². The summed E-state index contributed by atoms with van der Waals surface area (Å²) in [6, 6.07) is 4.22. The summed E-state index contributed by atoms with van der Waals surface area (Å²) >= 11 is 0. The number of allylic oxidation sites excluding steroid dienone is 2. The molecule has 1 aromatic rings. The Morgan fingerprint density at radius 3 is 2.19 bits per heavy atom. The molecule has 2 fully saturated rings. The lowest BCUT2D eigenvalue weighted by Gasteiger charge is -2.35. The SMILES string of the molecule is CC(c1cc(CCCO)cc(C2(C)CC2)c1O)C1C=C(CCCO)C=C(C2(C)CC2)C1O. The molecule has 4 rings (SSSR count). The summed E-state index contributed by atoms with van der Waals surface area (Å²) in [6.45, 7) is 6.89. The number of aliphatic hydroxyl groups excluding tert-OH is 3. The monoisotopic (exact) mass is 440 g/mol. The zero-order valence-electron chi connectivity index (χ0n) is 19.9. The Bertz CT molecular complexity index is 904. The first-order valence-electron chi connectivity index (χ1n) is 12.4. The van der Waals surface area contributed by atoms with Crippen molar-refractivity contribution >= 4 is 0 Å². The molecular formula is C28H40O4. The number of phenols is 1. The number of hydrogen-bond donors (Lipinski definition) is 4. The Morgan fingerprint density at radius 1 is 0.969 bits per heavy atom. The van der Waals surface area contributed by atoms with Crippen LogP contribution in [0.3, 0.4) is 0 Å². The number of phenolic OH excluding ortho intramolecular Hbond substituents is 1. The molecule has 3 aliphatic carbocycles. The molecule has 0 heterocycles. The molecule has 0 amide bonds. The Labute approximate surface area is 192 Å². The maximum absolute atomic E-state index is 11.4. The first kappa shape index (κ1) is 23.5. The van der Waals surface area contributed by atoms with Gasteiger partial charge in [-0.3, -0.25) is 0 Å². The van der Waals surface area contributed by atoms with Crippen molar-refractivity contribution in [2.24, 2.45) is 11.3 Å². The third-order valence-corrected chi connectivity index (χ3v) is 8.29. The minimum atomic E-state index is -0.559. The molecule has 2 saturated carbocycles. The molecule has 4 nitrogen and oxygen atoms in total. The van der Waals surface area contributed by atoms with Crippen LogP contribution >= 0.6 is 0 Å². The quantitative estimate of drug-likeness (QED) is 0.418. The van der Waals surface area contributed by atoms with Crippen LogP contribution in [0.5, 0.6) is 5.75 Å². The largest absolute Gasteiger partial charge is 0.507 e. The van der Waals surface area contributed by atoms with Gasteiger partial charge < -0.3 is 20.4 Å². The van der Waals surface area contributed by atoms with E-state index < -0.39 is 6.10 Å². The Balaban J connectivity index is 1.71. The summed E-state index contributed by atoms with van der Waals surface area (Å²) in [6.07, 6.45) is 11.2. The van der Waals surface area contributed by atoms with Gasteiger partial charge in [-0.05, 0) is 84.8 Å². The first-order valence-corrected chi connectivity index (χ1v) is 12.4. The third kappa shape index (κ3) is 4.55. The van der Waals surface area contributed by atoms with Crippen LogP contribution in [-0.2, 0) is 11.8 Å². The molecule has 1 aromatic carbocycles. The fraction of sp³-hybridized carbons (Fsp3) is 0.643. The van der Waals surface area contributed by atoms with Gasteiger partial charge in [0.25, 0.3) is 0 Å². The molecule has 0 spiro atoms. The maximum Gasteiger partial charge on any atom is 0.122 e. The van der Waals surface area contributed by atoms with E-state index >= 15 is 0 Å². The van der Waals surface area contributed by atoms with Gasteiger partial charge >= 0.3 is 0 Å².